The number of anilines is 1. The van der Waals surface area contributed by atoms with Crippen LogP contribution < -0.4 is 10.2 Å². The molecule has 4 heteroatoms. The highest BCUT2D eigenvalue weighted by atomic mass is 32.1. The number of nitrogens with zero attached hydrogens (tertiary/aromatic N) is 2. The van der Waals surface area contributed by atoms with Gasteiger partial charge in [0.05, 0.1) is 6.54 Å². The Morgan fingerprint density at radius 1 is 1.29 bits per heavy atom. The van der Waals surface area contributed by atoms with Gasteiger partial charge >= 0.3 is 0 Å². The quantitative estimate of drug-likeness (QED) is 0.905. The average molecular weight is 303 g/mol. The highest BCUT2D eigenvalue weighted by Gasteiger charge is 2.11. The molecule has 2 rings (SSSR count). The largest absolute Gasteiger partial charge is 0.355 e. The zero-order valence-corrected chi connectivity index (χ0v) is 14.4. The number of hydrogen-bond acceptors (Lipinski definition) is 4. The second kappa shape index (κ2) is 6.58. The Morgan fingerprint density at radius 3 is 2.67 bits per heavy atom. The molecule has 21 heavy (non-hydrogen) atoms. The van der Waals surface area contributed by atoms with E-state index in [1.54, 1.807) is 11.3 Å². The van der Waals surface area contributed by atoms with Crippen LogP contribution in [0.15, 0.2) is 29.6 Å². The lowest BCUT2D eigenvalue weighted by Gasteiger charge is -2.22. The van der Waals surface area contributed by atoms with E-state index in [0.29, 0.717) is 0 Å². The molecule has 0 spiro atoms. The lowest BCUT2D eigenvalue weighted by molar-refractivity contribution is 0.424. The van der Waals surface area contributed by atoms with E-state index in [1.165, 1.54) is 10.4 Å². The smallest absolute Gasteiger partial charge is 0.129 e. The molecule has 0 amide bonds. The van der Waals surface area contributed by atoms with Crippen LogP contribution in [0.25, 0.3) is 0 Å². The van der Waals surface area contributed by atoms with E-state index in [9.17, 15) is 0 Å². The maximum atomic E-state index is 4.66. The molecule has 0 aliphatic heterocycles. The lowest BCUT2D eigenvalue weighted by Crippen LogP contribution is -2.35. The summed E-state index contributed by atoms with van der Waals surface area (Å²) in [7, 11) is 2.10. The molecule has 0 radical (unpaired) electrons. The second-order valence-electron chi connectivity index (χ2n) is 6.51. The first kappa shape index (κ1) is 16.0. The van der Waals surface area contributed by atoms with Gasteiger partial charge in [-0.3, -0.25) is 0 Å². The van der Waals surface area contributed by atoms with Crippen molar-refractivity contribution in [3.8, 4) is 0 Å². The van der Waals surface area contributed by atoms with Gasteiger partial charge in [-0.05, 0) is 56.8 Å². The molecular weight excluding hydrogens is 278 g/mol. The normalized spacial score (nSPS) is 11.7. The van der Waals surface area contributed by atoms with Crippen LogP contribution in [-0.4, -0.2) is 17.6 Å². The van der Waals surface area contributed by atoms with Crippen LogP contribution in [0.5, 0.6) is 0 Å². The molecule has 0 unspecified atom stereocenters. The van der Waals surface area contributed by atoms with Crippen LogP contribution in [0.4, 0.5) is 5.82 Å². The number of hydrogen-bond donors (Lipinski definition) is 1. The highest BCUT2D eigenvalue weighted by Crippen LogP contribution is 2.18. The summed E-state index contributed by atoms with van der Waals surface area (Å²) >= 11 is 1.79. The summed E-state index contributed by atoms with van der Waals surface area (Å²) < 4.78 is 0. The molecule has 3 nitrogen and oxygen atoms in total. The van der Waals surface area contributed by atoms with Crippen LogP contribution in [0.3, 0.4) is 0 Å². The lowest BCUT2D eigenvalue weighted by atomic mass is 10.1. The summed E-state index contributed by atoms with van der Waals surface area (Å²) in [5.74, 6) is 1.04. The zero-order valence-electron chi connectivity index (χ0n) is 13.6. The van der Waals surface area contributed by atoms with E-state index < -0.39 is 0 Å². The molecule has 2 aromatic rings. The minimum Gasteiger partial charge on any atom is -0.355 e. The van der Waals surface area contributed by atoms with Gasteiger partial charge in [0.2, 0.25) is 0 Å². The van der Waals surface area contributed by atoms with E-state index in [1.807, 2.05) is 0 Å². The standard InChI is InChI=1S/C17H25N3S/c1-13-9-14(11-18-17(2,3)4)10-16(19-13)20(5)12-15-7-6-8-21-15/h6-10,18H,11-12H2,1-5H3. The fourth-order valence-electron chi connectivity index (χ4n) is 2.10. The van der Waals surface area contributed by atoms with Crippen molar-refractivity contribution in [2.24, 2.45) is 0 Å². The third-order valence-corrected chi connectivity index (χ3v) is 4.05. The number of aromatic nitrogens is 1. The van der Waals surface area contributed by atoms with Gasteiger partial charge in [0.15, 0.2) is 0 Å². The second-order valence-corrected chi connectivity index (χ2v) is 7.55. The van der Waals surface area contributed by atoms with Crippen molar-refractivity contribution in [2.75, 3.05) is 11.9 Å². The first-order valence-electron chi connectivity index (χ1n) is 7.29. The Kier molecular flexibility index (Phi) is 5.01. The van der Waals surface area contributed by atoms with Gasteiger partial charge in [-0.2, -0.15) is 0 Å². The van der Waals surface area contributed by atoms with Gasteiger partial charge < -0.3 is 10.2 Å². The van der Waals surface area contributed by atoms with Crippen LogP contribution in [-0.2, 0) is 13.1 Å². The monoisotopic (exact) mass is 303 g/mol. The van der Waals surface area contributed by atoms with Gasteiger partial charge in [-0.1, -0.05) is 6.07 Å². The van der Waals surface area contributed by atoms with Crippen molar-refractivity contribution < 1.29 is 0 Å². The number of nitrogens with one attached hydrogen (secondary N) is 1. The zero-order chi connectivity index (χ0) is 15.5. The maximum absolute atomic E-state index is 4.66. The van der Waals surface area contributed by atoms with E-state index in [0.717, 1.165) is 24.6 Å². The molecule has 0 saturated heterocycles. The third-order valence-electron chi connectivity index (χ3n) is 3.19. The Balaban J connectivity index is 2.10. The van der Waals surface area contributed by atoms with Crippen LogP contribution in [0, 0.1) is 6.92 Å². The van der Waals surface area contributed by atoms with Crippen molar-refractivity contribution in [2.45, 2.75) is 46.3 Å². The number of pyridine rings is 1. The number of aryl methyl sites for hydroxylation is 1. The molecular formula is C17H25N3S. The predicted molar refractivity (Wildman–Crippen MR) is 92.0 cm³/mol. The summed E-state index contributed by atoms with van der Waals surface area (Å²) in [6, 6.07) is 8.59. The predicted octanol–water partition coefficient (Wildman–Crippen LogP) is 3.98. The van der Waals surface area contributed by atoms with Crippen LogP contribution >= 0.6 is 11.3 Å². The van der Waals surface area contributed by atoms with E-state index >= 15 is 0 Å². The van der Waals surface area contributed by atoms with Crippen LogP contribution in [0.1, 0.15) is 36.9 Å². The molecule has 114 valence electrons. The minimum absolute atomic E-state index is 0.125. The Labute approximate surface area is 132 Å². The Bertz CT molecular complexity index is 570. The van der Waals surface area contributed by atoms with Crippen molar-refractivity contribution in [1.82, 2.24) is 10.3 Å². The SMILES string of the molecule is Cc1cc(CNC(C)(C)C)cc(N(C)Cc2cccs2)n1. The molecule has 0 aliphatic carbocycles. The fourth-order valence-corrected chi connectivity index (χ4v) is 2.86. The van der Waals surface area contributed by atoms with Gasteiger partial charge in [0, 0.05) is 29.7 Å². The molecule has 0 aliphatic rings. The summed E-state index contributed by atoms with van der Waals surface area (Å²) in [6.07, 6.45) is 0. The molecule has 2 heterocycles. The van der Waals surface area contributed by atoms with Gasteiger partial charge in [-0.25, -0.2) is 4.98 Å². The molecule has 0 bridgehead atoms. The van der Waals surface area contributed by atoms with E-state index in [-0.39, 0.29) is 5.54 Å². The molecule has 0 atom stereocenters. The van der Waals surface area contributed by atoms with E-state index in [4.69, 9.17) is 0 Å². The first-order valence-corrected chi connectivity index (χ1v) is 8.17. The van der Waals surface area contributed by atoms with Crippen molar-refractivity contribution in [1.29, 1.82) is 0 Å². The molecule has 0 saturated carbocycles. The number of rotatable bonds is 5. The third kappa shape index (κ3) is 5.14. The summed E-state index contributed by atoms with van der Waals surface area (Å²) in [4.78, 5) is 8.23. The average Bonchev–Trinajstić information content (AvgIpc) is 2.88. The summed E-state index contributed by atoms with van der Waals surface area (Å²) in [5.41, 5.74) is 2.47. The van der Waals surface area contributed by atoms with Crippen molar-refractivity contribution >= 4 is 17.2 Å². The van der Waals surface area contributed by atoms with Gasteiger partial charge in [0.1, 0.15) is 5.82 Å². The van der Waals surface area contributed by atoms with E-state index in [2.05, 4.69) is 79.6 Å². The van der Waals surface area contributed by atoms with Crippen molar-refractivity contribution in [3.05, 3.63) is 45.8 Å². The molecule has 0 fully saturated rings. The minimum atomic E-state index is 0.125. The summed E-state index contributed by atoms with van der Waals surface area (Å²) in [6.45, 7) is 10.4. The Hall–Kier alpha value is -1.39. The molecule has 0 aromatic carbocycles. The maximum Gasteiger partial charge on any atom is 0.129 e. The fraction of sp³-hybridized carbons (Fsp3) is 0.471. The highest BCUT2D eigenvalue weighted by molar-refractivity contribution is 7.09. The molecule has 1 N–H and O–H groups in total. The number of thiophene rings is 1. The summed E-state index contributed by atoms with van der Waals surface area (Å²) in [5, 5.41) is 5.65. The first-order chi connectivity index (χ1) is 9.83. The topological polar surface area (TPSA) is 28.2 Å². The van der Waals surface area contributed by atoms with Crippen LogP contribution in [0.2, 0.25) is 0 Å². The van der Waals surface area contributed by atoms with Crippen molar-refractivity contribution in [3.63, 3.8) is 0 Å². The van der Waals surface area contributed by atoms with Gasteiger partial charge in [-0.15, -0.1) is 11.3 Å². The Morgan fingerprint density at radius 2 is 2.05 bits per heavy atom. The van der Waals surface area contributed by atoms with Gasteiger partial charge in [0.25, 0.3) is 0 Å². The molecule has 2 aromatic heterocycles.